The lowest BCUT2D eigenvalue weighted by molar-refractivity contribution is 0.0593. The summed E-state index contributed by atoms with van der Waals surface area (Å²) in [5.41, 5.74) is 8.52. The largest absolute Gasteiger partial charge is 0.465 e. The van der Waals surface area contributed by atoms with Crippen molar-refractivity contribution < 1.29 is 19.1 Å². The number of thiophene rings is 1. The summed E-state index contributed by atoms with van der Waals surface area (Å²) in [6, 6.07) is 0. The lowest BCUT2D eigenvalue weighted by Gasteiger charge is -2.08. The summed E-state index contributed by atoms with van der Waals surface area (Å²) in [5.74, 6) is -0.965. The van der Waals surface area contributed by atoms with Crippen LogP contribution in [0.15, 0.2) is 0 Å². The van der Waals surface area contributed by atoms with Gasteiger partial charge in [-0.15, -0.1) is 11.3 Å². The summed E-state index contributed by atoms with van der Waals surface area (Å²) in [6.07, 6.45) is 2.54. The molecule has 0 unspecified atom stereocenters. The van der Waals surface area contributed by atoms with E-state index in [-0.39, 0.29) is 10.6 Å². The molecule has 2 aromatic heterocycles. The molecule has 0 atom stereocenters. The van der Waals surface area contributed by atoms with Gasteiger partial charge in [-0.3, -0.25) is 0 Å². The minimum atomic E-state index is -0.522. The average molecular weight is 306 g/mol. The fourth-order valence-electron chi connectivity index (χ4n) is 2.72. The van der Waals surface area contributed by atoms with Crippen LogP contribution in [0.25, 0.3) is 10.2 Å². The van der Waals surface area contributed by atoms with Gasteiger partial charge in [-0.2, -0.15) is 0 Å². The van der Waals surface area contributed by atoms with Gasteiger partial charge < -0.3 is 15.2 Å². The minimum absolute atomic E-state index is 0.240. The van der Waals surface area contributed by atoms with Crippen molar-refractivity contribution in [2.75, 3.05) is 20.0 Å². The molecule has 0 aliphatic heterocycles. The molecule has 0 fully saturated rings. The number of hydrogen-bond acceptors (Lipinski definition) is 7. The second-order valence-electron chi connectivity index (χ2n) is 4.77. The molecule has 0 saturated heterocycles. The first-order valence-corrected chi connectivity index (χ1v) is 7.30. The third-order valence-electron chi connectivity index (χ3n) is 3.66. The molecule has 3 rings (SSSR count). The lowest BCUT2D eigenvalue weighted by Crippen LogP contribution is -2.09. The maximum absolute atomic E-state index is 12.2. The first-order chi connectivity index (χ1) is 10.1. The smallest absolute Gasteiger partial charge is 0.350 e. The van der Waals surface area contributed by atoms with E-state index in [0.717, 1.165) is 41.9 Å². The highest BCUT2D eigenvalue weighted by Gasteiger charge is 2.29. The normalized spacial score (nSPS) is 13.2. The van der Waals surface area contributed by atoms with Crippen LogP contribution in [0.1, 0.15) is 37.7 Å². The first-order valence-electron chi connectivity index (χ1n) is 6.48. The number of nitrogens with two attached hydrogens (primary N) is 1. The average Bonchev–Trinajstić information content (AvgIpc) is 3.08. The number of aryl methyl sites for hydroxylation is 1. The van der Waals surface area contributed by atoms with Gasteiger partial charge in [-0.1, -0.05) is 0 Å². The molecule has 0 amide bonds. The number of carbonyl (C=O) groups is 2. The summed E-state index contributed by atoms with van der Waals surface area (Å²) >= 11 is 1.15. The Morgan fingerprint density at radius 3 is 2.57 bits per heavy atom. The zero-order chi connectivity index (χ0) is 15.1. The van der Waals surface area contributed by atoms with E-state index in [1.165, 1.54) is 14.2 Å². The Kier molecular flexibility index (Phi) is 3.29. The second kappa shape index (κ2) is 5.00. The monoisotopic (exact) mass is 306 g/mol. The van der Waals surface area contributed by atoms with Crippen LogP contribution >= 0.6 is 11.3 Å². The molecule has 0 saturated carbocycles. The standard InChI is InChI=1S/C14H14N2O4S/c1-19-13(17)8-6-4-3-5-7(6)16-12-9(8)10(15)11(21-12)14(18)20-2/h3-5,15H2,1-2H3. The maximum atomic E-state index is 12.2. The van der Waals surface area contributed by atoms with Crippen LogP contribution in [0.2, 0.25) is 0 Å². The number of ether oxygens (including phenoxy) is 2. The van der Waals surface area contributed by atoms with E-state index in [1.807, 2.05) is 0 Å². The third-order valence-corrected chi connectivity index (χ3v) is 4.74. The molecule has 1 aliphatic rings. The van der Waals surface area contributed by atoms with Crippen molar-refractivity contribution in [3.63, 3.8) is 0 Å². The van der Waals surface area contributed by atoms with Crippen LogP contribution < -0.4 is 5.73 Å². The van der Waals surface area contributed by atoms with E-state index in [1.54, 1.807) is 0 Å². The Balaban J connectivity index is 2.37. The number of aromatic nitrogens is 1. The molecule has 2 heterocycles. The Bertz CT molecular complexity index is 766. The summed E-state index contributed by atoms with van der Waals surface area (Å²) < 4.78 is 9.61. The van der Waals surface area contributed by atoms with Gasteiger partial charge in [0.25, 0.3) is 0 Å². The Morgan fingerprint density at radius 2 is 1.90 bits per heavy atom. The van der Waals surface area contributed by atoms with Gasteiger partial charge in [0.15, 0.2) is 0 Å². The third kappa shape index (κ3) is 1.96. The molecule has 2 aromatic rings. The molecule has 0 spiro atoms. The van der Waals surface area contributed by atoms with Crippen molar-refractivity contribution in [3.05, 3.63) is 21.7 Å². The number of methoxy groups -OCH3 is 2. The molecule has 21 heavy (non-hydrogen) atoms. The molecular weight excluding hydrogens is 292 g/mol. The SMILES string of the molecule is COC(=O)c1sc2nc3c(c(C(=O)OC)c2c1N)CCC3. The first kappa shape index (κ1) is 13.8. The van der Waals surface area contributed by atoms with Crippen LogP contribution in [0.4, 0.5) is 5.69 Å². The highest BCUT2D eigenvalue weighted by atomic mass is 32.1. The van der Waals surface area contributed by atoms with Crippen LogP contribution in [0, 0.1) is 0 Å². The number of rotatable bonds is 2. The maximum Gasteiger partial charge on any atom is 0.350 e. The van der Waals surface area contributed by atoms with Crippen molar-refractivity contribution in [1.29, 1.82) is 0 Å². The Hall–Kier alpha value is -2.15. The Morgan fingerprint density at radius 1 is 1.19 bits per heavy atom. The van der Waals surface area contributed by atoms with Crippen molar-refractivity contribution in [2.45, 2.75) is 19.3 Å². The number of fused-ring (bicyclic) bond motifs is 2. The number of pyridine rings is 1. The number of anilines is 1. The van der Waals surface area contributed by atoms with E-state index in [0.29, 0.717) is 15.8 Å². The molecule has 7 heteroatoms. The molecule has 0 radical (unpaired) electrons. The predicted molar refractivity (Wildman–Crippen MR) is 78.7 cm³/mol. The quantitative estimate of drug-likeness (QED) is 0.853. The number of hydrogen-bond donors (Lipinski definition) is 1. The van der Waals surface area contributed by atoms with Crippen LogP contribution in [0.3, 0.4) is 0 Å². The van der Waals surface area contributed by atoms with Gasteiger partial charge >= 0.3 is 11.9 Å². The van der Waals surface area contributed by atoms with E-state index < -0.39 is 11.9 Å². The van der Waals surface area contributed by atoms with Gasteiger partial charge in [-0.05, 0) is 24.8 Å². The van der Waals surface area contributed by atoms with Crippen molar-refractivity contribution in [1.82, 2.24) is 4.98 Å². The Labute approximate surface area is 124 Å². The fraction of sp³-hybridized carbons (Fsp3) is 0.357. The summed E-state index contributed by atoms with van der Waals surface area (Å²) in [4.78, 5) is 29.3. The van der Waals surface area contributed by atoms with Gasteiger partial charge in [0.1, 0.15) is 9.71 Å². The molecule has 0 aromatic carbocycles. The van der Waals surface area contributed by atoms with Gasteiger partial charge in [0.2, 0.25) is 0 Å². The summed E-state index contributed by atoms with van der Waals surface area (Å²) in [5, 5.41) is 0.507. The number of carbonyl (C=O) groups excluding carboxylic acids is 2. The van der Waals surface area contributed by atoms with Crippen molar-refractivity contribution in [3.8, 4) is 0 Å². The topological polar surface area (TPSA) is 91.5 Å². The molecule has 0 bridgehead atoms. The number of nitrogen functional groups attached to an aromatic ring is 1. The van der Waals surface area contributed by atoms with Gasteiger partial charge in [-0.25, -0.2) is 14.6 Å². The number of nitrogens with zero attached hydrogens (tertiary/aromatic N) is 1. The van der Waals surface area contributed by atoms with E-state index in [4.69, 9.17) is 15.2 Å². The van der Waals surface area contributed by atoms with Gasteiger partial charge in [0.05, 0.1) is 30.9 Å². The zero-order valence-electron chi connectivity index (χ0n) is 11.7. The summed E-state index contributed by atoms with van der Waals surface area (Å²) in [7, 11) is 2.63. The predicted octanol–water partition coefficient (Wildman–Crippen LogP) is 1.94. The molecule has 6 nitrogen and oxygen atoms in total. The van der Waals surface area contributed by atoms with E-state index in [2.05, 4.69) is 4.98 Å². The van der Waals surface area contributed by atoms with Gasteiger partial charge in [0, 0.05) is 5.69 Å². The van der Waals surface area contributed by atoms with Crippen molar-refractivity contribution in [2.24, 2.45) is 0 Å². The molecule has 2 N–H and O–H groups in total. The lowest BCUT2D eigenvalue weighted by atomic mass is 10.0. The second-order valence-corrected chi connectivity index (χ2v) is 5.77. The minimum Gasteiger partial charge on any atom is -0.465 e. The molecular formula is C14H14N2O4S. The van der Waals surface area contributed by atoms with Crippen LogP contribution in [-0.4, -0.2) is 31.1 Å². The highest BCUT2D eigenvalue weighted by Crippen LogP contribution is 2.39. The van der Waals surface area contributed by atoms with Crippen LogP contribution in [0.5, 0.6) is 0 Å². The van der Waals surface area contributed by atoms with Crippen molar-refractivity contribution >= 4 is 39.2 Å². The molecule has 110 valence electrons. The fourth-order valence-corrected chi connectivity index (χ4v) is 3.76. The van der Waals surface area contributed by atoms with E-state index in [9.17, 15) is 9.59 Å². The zero-order valence-corrected chi connectivity index (χ0v) is 12.5. The van der Waals surface area contributed by atoms with Crippen LogP contribution in [-0.2, 0) is 22.3 Å². The van der Waals surface area contributed by atoms with E-state index >= 15 is 0 Å². The molecule has 1 aliphatic carbocycles. The summed E-state index contributed by atoms with van der Waals surface area (Å²) in [6.45, 7) is 0. The highest BCUT2D eigenvalue weighted by molar-refractivity contribution is 7.21. The number of esters is 2.